The molecule has 114 valence electrons. The highest BCUT2D eigenvalue weighted by atomic mass is 16.5. The fourth-order valence-corrected chi connectivity index (χ4v) is 2.14. The topological polar surface area (TPSA) is 84.9 Å². The number of carbonyl (C=O) groups is 2. The van der Waals surface area contributed by atoms with Crippen LogP contribution in [-0.4, -0.2) is 42.3 Å². The molecule has 21 heavy (non-hydrogen) atoms. The minimum atomic E-state index is -1.02. The zero-order valence-corrected chi connectivity index (χ0v) is 11.7. The van der Waals surface area contributed by atoms with Gasteiger partial charge < -0.3 is 19.9 Å². The van der Waals surface area contributed by atoms with E-state index >= 15 is 0 Å². The van der Waals surface area contributed by atoms with Crippen LogP contribution in [0.2, 0.25) is 0 Å². The Morgan fingerprint density at radius 3 is 2.62 bits per heavy atom. The van der Waals surface area contributed by atoms with Gasteiger partial charge >= 0.3 is 5.97 Å². The molecule has 1 saturated heterocycles. The van der Waals surface area contributed by atoms with Gasteiger partial charge in [0.1, 0.15) is 6.10 Å². The number of aliphatic carboxylic acids is 1. The molecule has 6 heteroatoms. The molecule has 0 unspecified atom stereocenters. The quantitative estimate of drug-likeness (QED) is 0.731. The molecule has 2 rings (SSSR count). The van der Waals surface area contributed by atoms with Crippen LogP contribution in [0.3, 0.4) is 0 Å². The molecule has 1 aromatic rings. The van der Waals surface area contributed by atoms with E-state index in [1.165, 1.54) is 0 Å². The molecule has 1 fully saturated rings. The van der Waals surface area contributed by atoms with Crippen LogP contribution < -0.4 is 5.32 Å². The second kappa shape index (κ2) is 7.75. The number of nitrogens with one attached hydrogen (secondary N) is 1. The Morgan fingerprint density at radius 1 is 1.24 bits per heavy atom. The summed E-state index contributed by atoms with van der Waals surface area (Å²) < 4.78 is 10.6. The average molecular weight is 293 g/mol. The van der Waals surface area contributed by atoms with Crippen molar-refractivity contribution in [3.8, 4) is 0 Å². The molecule has 6 nitrogen and oxygen atoms in total. The largest absolute Gasteiger partial charge is 0.479 e. The van der Waals surface area contributed by atoms with Gasteiger partial charge in [-0.1, -0.05) is 30.3 Å². The normalized spacial score (nSPS) is 21.1. The first-order chi connectivity index (χ1) is 10.2. The van der Waals surface area contributed by atoms with Gasteiger partial charge in [-0.05, 0) is 18.4 Å². The summed E-state index contributed by atoms with van der Waals surface area (Å²) >= 11 is 0. The van der Waals surface area contributed by atoms with Crippen LogP contribution in [0.25, 0.3) is 0 Å². The summed E-state index contributed by atoms with van der Waals surface area (Å²) in [7, 11) is 0. The van der Waals surface area contributed by atoms with Crippen LogP contribution in [0.1, 0.15) is 18.4 Å². The van der Waals surface area contributed by atoms with Crippen LogP contribution in [0.4, 0.5) is 0 Å². The number of carboxylic acids is 1. The van der Waals surface area contributed by atoms with Gasteiger partial charge in [0, 0.05) is 6.54 Å². The van der Waals surface area contributed by atoms with Gasteiger partial charge in [-0.2, -0.15) is 0 Å². The predicted molar refractivity (Wildman–Crippen MR) is 74.6 cm³/mol. The molecule has 1 heterocycles. The summed E-state index contributed by atoms with van der Waals surface area (Å²) in [6.45, 7) is 1.27. The molecular formula is C15H19NO5. The van der Waals surface area contributed by atoms with E-state index in [9.17, 15) is 9.59 Å². The monoisotopic (exact) mass is 293 g/mol. The van der Waals surface area contributed by atoms with E-state index in [2.05, 4.69) is 5.32 Å². The Labute approximate surface area is 123 Å². The number of hydrogen-bond acceptors (Lipinski definition) is 4. The lowest BCUT2D eigenvalue weighted by molar-refractivity contribution is -0.151. The van der Waals surface area contributed by atoms with Gasteiger partial charge in [-0.15, -0.1) is 0 Å². The second-order valence-corrected chi connectivity index (χ2v) is 4.86. The summed E-state index contributed by atoms with van der Waals surface area (Å²) in [5.41, 5.74) is 1.08. The number of amides is 1. The molecule has 0 saturated carbocycles. The zero-order valence-electron chi connectivity index (χ0n) is 11.7. The van der Waals surface area contributed by atoms with Gasteiger partial charge in [-0.3, -0.25) is 4.79 Å². The standard InChI is InChI=1S/C15H19NO5/c17-14(12-6-7-13(21-12)15(18)19)16-8-9-20-10-11-4-2-1-3-5-11/h1-5,12-13H,6-10H2,(H,16,17)(H,18,19)/t12-,13+/m0/s1. The first-order valence-electron chi connectivity index (χ1n) is 6.94. The summed E-state index contributed by atoms with van der Waals surface area (Å²) in [5.74, 6) is -1.29. The first kappa shape index (κ1) is 15.5. The van der Waals surface area contributed by atoms with E-state index in [1.54, 1.807) is 0 Å². The van der Waals surface area contributed by atoms with Crippen molar-refractivity contribution in [3.05, 3.63) is 35.9 Å². The number of benzene rings is 1. The van der Waals surface area contributed by atoms with Crippen LogP contribution in [-0.2, 0) is 25.7 Å². The van der Waals surface area contributed by atoms with E-state index in [0.717, 1.165) is 5.56 Å². The first-order valence-corrected chi connectivity index (χ1v) is 6.94. The number of carboxylic acid groups (broad SMARTS) is 1. The zero-order chi connectivity index (χ0) is 15.1. The summed E-state index contributed by atoms with van der Waals surface area (Å²) in [5, 5.41) is 11.5. The van der Waals surface area contributed by atoms with Crippen molar-refractivity contribution in [2.45, 2.75) is 31.7 Å². The average Bonchev–Trinajstić information content (AvgIpc) is 2.98. The fourth-order valence-electron chi connectivity index (χ4n) is 2.14. The van der Waals surface area contributed by atoms with Crippen LogP contribution in [0.5, 0.6) is 0 Å². The third kappa shape index (κ3) is 4.84. The molecule has 0 radical (unpaired) electrons. The molecule has 0 bridgehead atoms. The minimum Gasteiger partial charge on any atom is -0.479 e. The summed E-state index contributed by atoms with van der Waals surface area (Å²) in [6.07, 6.45) is -0.721. The molecule has 2 atom stereocenters. The molecule has 1 amide bonds. The highest BCUT2D eigenvalue weighted by Crippen LogP contribution is 2.19. The van der Waals surface area contributed by atoms with Crippen molar-refractivity contribution in [3.63, 3.8) is 0 Å². The molecule has 1 aliphatic heterocycles. The second-order valence-electron chi connectivity index (χ2n) is 4.86. The van der Waals surface area contributed by atoms with E-state index in [1.807, 2.05) is 30.3 Å². The maximum atomic E-state index is 11.8. The predicted octanol–water partition coefficient (Wildman–Crippen LogP) is 0.952. The summed E-state index contributed by atoms with van der Waals surface area (Å²) in [4.78, 5) is 22.5. The number of hydrogen-bond donors (Lipinski definition) is 2. The Bertz CT molecular complexity index is 476. The maximum absolute atomic E-state index is 11.8. The lowest BCUT2D eigenvalue weighted by Gasteiger charge is -2.12. The SMILES string of the molecule is O=C(NCCOCc1ccccc1)[C@@H]1CC[C@H](C(=O)O)O1. The van der Waals surface area contributed by atoms with E-state index in [0.29, 0.717) is 32.6 Å². The fraction of sp³-hybridized carbons (Fsp3) is 0.467. The Kier molecular flexibility index (Phi) is 5.71. The number of rotatable bonds is 7. The van der Waals surface area contributed by atoms with E-state index < -0.39 is 18.2 Å². The van der Waals surface area contributed by atoms with Gasteiger partial charge in [0.2, 0.25) is 5.91 Å². The van der Waals surface area contributed by atoms with Gasteiger partial charge in [0.25, 0.3) is 0 Å². The minimum absolute atomic E-state index is 0.276. The van der Waals surface area contributed by atoms with Gasteiger partial charge in [-0.25, -0.2) is 4.79 Å². The Morgan fingerprint density at radius 2 is 1.95 bits per heavy atom. The molecule has 1 aliphatic rings. The molecular weight excluding hydrogens is 274 g/mol. The third-order valence-electron chi connectivity index (χ3n) is 3.24. The lowest BCUT2D eigenvalue weighted by atomic mass is 10.2. The third-order valence-corrected chi connectivity index (χ3v) is 3.24. The van der Waals surface area contributed by atoms with Crippen LogP contribution in [0.15, 0.2) is 30.3 Å². The molecule has 1 aromatic carbocycles. The van der Waals surface area contributed by atoms with Crippen molar-refractivity contribution < 1.29 is 24.2 Å². The van der Waals surface area contributed by atoms with Gasteiger partial charge in [0.15, 0.2) is 6.10 Å². The lowest BCUT2D eigenvalue weighted by Crippen LogP contribution is -2.37. The van der Waals surface area contributed by atoms with Crippen molar-refractivity contribution in [1.29, 1.82) is 0 Å². The number of carbonyl (C=O) groups excluding carboxylic acids is 1. The highest BCUT2D eigenvalue weighted by molar-refractivity contribution is 5.82. The van der Waals surface area contributed by atoms with Crippen LogP contribution in [0, 0.1) is 0 Å². The van der Waals surface area contributed by atoms with Crippen molar-refractivity contribution in [1.82, 2.24) is 5.32 Å². The summed E-state index contributed by atoms with van der Waals surface area (Å²) in [6, 6.07) is 9.76. The highest BCUT2D eigenvalue weighted by Gasteiger charge is 2.34. The van der Waals surface area contributed by atoms with E-state index in [4.69, 9.17) is 14.6 Å². The molecule has 0 aliphatic carbocycles. The van der Waals surface area contributed by atoms with Crippen molar-refractivity contribution in [2.75, 3.05) is 13.2 Å². The molecule has 0 spiro atoms. The van der Waals surface area contributed by atoms with E-state index in [-0.39, 0.29) is 5.91 Å². The van der Waals surface area contributed by atoms with Gasteiger partial charge in [0.05, 0.1) is 13.2 Å². The van der Waals surface area contributed by atoms with Crippen LogP contribution >= 0.6 is 0 Å². The maximum Gasteiger partial charge on any atom is 0.332 e. The van der Waals surface area contributed by atoms with Crippen molar-refractivity contribution in [2.24, 2.45) is 0 Å². The Hall–Kier alpha value is -1.92. The van der Waals surface area contributed by atoms with Crippen molar-refractivity contribution >= 4 is 11.9 Å². The Balaban J connectivity index is 1.59. The number of ether oxygens (including phenoxy) is 2. The smallest absolute Gasteiger partial charge is 0.332 e. The molecule has 0 aromatic heterocycles. The molecule has 2 N–H and O–H groups in total.